The van der Waals surface area contributed by atoms with Gasteiger partial charge in [0.2, 0.25) is 0 Å². The highest BCUT2D eigenvalue weighted by Gasteiger charge is 2.19. The molecule has 14 aromatic rings. The van der Waals surface area contributed by atoms with Crippen LogP contribution in [0, 0.1) is 0 Å². The van der Waals surface area contributed by atoms with E-state index in [1.54, 1.807) is 0 Å². The molecule has 3 heterocycles. The summed E-state index contributed by atoms with van der Waals surface area (Å²) in [6.07, 6.45) is 0. The fourth-order valence-corrected chi connectivity index (χ4v) is 10.7. The fourth-order valence-electron chi connectivity index (χ4n) is 10.7. The predicted molar refractivity (Wildman–Crippen MR) is 274 cm³/mol. The third kappa shape index (κ3) is 5.49. The van der Waals surface area contributed by atoms with Crippen molar-refractivity contribution < 1.29 is 4.42 Å². The van der Waals surface area contributed by atoms with E-state index in [-0.39, 0.29) is 0 Å². The van der Waals surface area contributed by atoms with Crippen LogP contribution in [-0.2, 0) is 0 Å². The second kappa shape index (κ2) is 13.9. The average Bonchev–Trinajstić information content (AvgIpc) is 4.02. The van der Waals surface area contributed by atoms with E-state index in [2.05, 4.69) is 234 Å². The fraction of sp³-hybridized carbons (Fsp3) is 0. The van der Waals surface area contributed by atoms with Crippen LogP contribution in [0.3, 0.4) is 0 Å². The number of rotatable bonds is 5. The minimum absolute atomic E-state index is 0.890. The van der Waals surface area contributed by atoms with Gasteiger partial charge in [0.15, 0.2) is 0 Å². The highest BCUT2D eigenvalue weighted by atomic mass is 16.3. The van der Waals surface area contributed by atoms with Crippen molar-refractivity contribution in [1.29, 1.82) is 0 Å². The van der Waals surface area contributed by atoms with Crippen LogP contribution in [0.15, 0.2) is 235 Å². The Balaban J connectivity index is 1.000. The quantitative estimate of drug-likeness (QED) is 0.169. The van der Waals surface area contributed by atoms with Crippen LogP contribution in [0.5, 0.6) is 0 Å². The van der Waals surface area contributed by atoms with Crippen LogP contribution in [0.25, 0.3) is 132 Å². The Bertz CT molecular complexity index is 4230. The normalized spacial score (nSPS) is 12.0. The molecule has 0 bridgehead atoms. The highest BCUT2D eigenvalue weighted by molar-refractivity contribution is 6.15. The molecule has 14 rings (SSSR count). The molecule has 0 saturated heterocycles. The predicted octanol–water partition coefficient (Wildman–Crippen LogP) is 17.1. The zero-order valence-electron chi connectivity index (χ0n) is 35.2. The first-order chi connectivity index (χ1) is 32.2. The van der Waals surface area contributed by atoms with Crippen molar-refractivity contribution in [2.45, 2.75) is 0 Å². The molecule has 3 heteroatoms. The molecule has 0 fully saturated rings. The summed E-state index contributed by atoms with van der Waals surface area (Å²) in [5.41, 5.74) is 16.0. The van der Waals surface area contributed by atoms with Crippen molar-refractivity contribution in [2.24, 2.45) is 0 Å². The van der Waals surface area contributed by atoms with Crippen molar-refractivity contribution >= 4 is 87.1 Å². The first kappa shape index (κ1) is 35.9. The monoisotopic (exact) mass is 826 g/mol. The maximum Gasteiger partial charge on any atom is 0.135 e. The van der Waals surface area contributed by atoms with E-state index in [9.17, 15) is 0 Å². The van der Waals surface area contributed by atoms with Gasteiger partial charge in [-0.15, -0.1) is 0 Å². The third-order valence-electron chi connectivity index (χ3n) is 13.7. The summed E-state index contributed by atoms with van der Waals surface area (Å²) in [7, 11) is 0. The van der Waals surface area contributed by atoms with Crippen LogP contribution in [0.2, 0.25) is 0 Å². The summed E-state index contributed by atoms with van der Waals surface area (Å²) in [5, 5.41) is 12.1. The first-order valence-electron chi connectivity index (χ1n) is 22.3. The lowest BCUT2D eigenvalue weighted by molar-refractivity contribution is 0.669. The van der Waals surface area contributed by atoms with Gasteiger partial charge in [0.25, 0.3) is 0 Å². The van der Waals surface area contributed by atoms with Gasteiger partial charge in [0, 0.05) is 43.7 Å². The van der Waals surface area contributed by atoms with Gasteiger partial charge in [-0.2, -0.15) is 0 Å². The first-order valence-corrected chi connectivity index (χ1v) is 22.3. The van der Waals surface area contributed by atoms with Gasteiger partial charge in [-0.05, 0) is 134 Å². The molecule has 302 valence electrons. The molecule has 0 amide bonds. The molecule has 0 N–H and O–H groups in total. The van der Waals surface area contributed by atoms with Crippen molar-refractivity contribution in [1.82, 2.24) is 9.13 Å². The van der Waals surface area contributed by atoms with Gasteiger partial charge >= 0.3 is 0 Å². The van der Waals surface area contributed by atoms with Gasteiger partial charge in [-0.3, -0.25) is 0 Å². The maximum absolute atomic E-state index is 6.31. The van der Waals surface area contributed by atoms with Crippen molar-refractivity contribution in [3.05, 3.63) is 231 Å². The standard InChI is InChI=1S/C62H38N2O/c1-2-16-45(17-3-1)63-58-30-25-41(34-54(58)55-36-44(27-32-59(55)63)50-22-11-15-40-13-5-7-19-48(40)50)42-24-29-51-53-35-43(49-21-10-14-39-12-4-6-18-47(39)49)26-31-57(53)64(60(51)37-42)46-28-33-62-56(38-46)52-20-8-9-23-61(52)65-62/h1-38H. The second-order valence-corrected chi connectivity index (χ2v) is 17.3. The zero-order chi connectivity index (χ0) is 42.6. The molecule has 3 nitrogen and oxygen atoms in total. The molecular formula is C62H38N2O. The van der Waals surface area contributed by atoms with Crippen LogP contribution in [-0.4, -0.2) is 9.13 Å². The lowest BCUT2D eigenvalue weighted by atomic mass is 9.96. The number of hydrogen-bond acceptors (Lipinski definition) is 1. The van der Waals surface area contributed by atoms with Crippen LogP contribution in [0.1, 0.15) is 0 Å². The number of furan rings is 1. The SMILES string of the molecule is c1ccc(-n2c3ccc(-c4ccc5c6cc(-c7cccc8ccccc78)ccc6n(-c6ccc7oc8ccccc8c7c6)c5c4)cc3c3cc(-c4cccc5ccccc45)ccc32)cc1. The molecule has 0 unspecified atom stereocenters. The Hall–Kier alpha value is -8.66. The van der Waals surface area contributed by atoms with E-state index in [4.69, 9.17) is 4.42 Å². The highest BCUT2D eigenvalue weighted by Crippen LogP contribution is 2.42. The minimum Gasteiger partial charge on any atom is -0.456 e. The average molecular weight is 827 g/mol. The van der Waals surface area contributed by atoms with Gasteiger partial charge in [0.1, 0.15) is 11.2 Å². The van der Waals surface area contributed by atoms with E-state index >= 15 is 0 Å². The van der Waals surface area contributed by atoms with E-state index in [0.29, 0.717) is 0 Å². The Morgan fingerprint density at radius 2 is 0.738 bits per heavy atom. The smallest absolute Gasteiger partial charge is 0.135 e. The molecule has 0 spiro atoms. The summed E-state index contributed by atoms with van der Waals surface area (Å²) in [6.45, 7) is 0. The van der Waals surface area contributed by atoms with E-state index in [0.717, 1.165) is 44.3 Å². The van der Waals surface area contributed by atoms with Crippen molar-refractivity contribution in [3.63, 3.8) is 0 Å². The maximum atomic E-state index is 6.31. The Labute approximate surface area is 374 Å². The second-order valence-electron chi connectivity index (χ2n) is 17.3. The van der Waals surface area contributed by atoms with Crippen molar-refractivity contribution in [2.75, 3.05) is 0 Å². The largest absolute Gasteiger partial charge is 0.456 e. The van der Waals surface area contributed by atoms with Crippen LogP contribution < -0.4 is 0 Å². The molecule has 3 aromatic heterocycles. The van der Waals surface area contributed by atoms with Gasteiger partial charge in [-0.25, -0.2) is 0 Å². The number of benzene rings is 11. The lowest BCUT2D eigenvalue weighted by Crippen LogP contribution is -1.94. The summed E-state index contributed by atoms with van der Waals surface area (Å²) < 4.78 is 11.2. The summed E-state index contributed by atoms with van der Waals surface area (Å²) in [6, 6.07) is 84.3. The van der Waals surface area contributed by atoms with Gasteiger partial charge in [0.05, 0.1) is 22.1 Å². The van der Waals surface area contributed by atoms with Crippen LogP contribution >= 0.6 is 0 Å². The number of para-hydroxylation sites is 2. The molecular weight excluding hydrogens is 789 g/mol. The zero-order valence-corrected chi connectivity index (χ0v) is 35.2. The number of fused-ring (bicyclic) bond motifs is 11. The van der Waals surface area contributed by atoms with Gasteiger partial charge < -0.3 is 13.6 Å². The minimum atomic E-state index is 0.890. The van der Waals surface area contributed by atoms with Crippen molar-refractivity contribution in [3.8, 4) is 44.8 Å². The Morgan fingerprint density at radius 3 is 1.42 bits per heavy atom. The number of aromatic nitrogens is 2. The Kier molecular flexibility index (Phi) is 7.69. The molecule has 65 heavy (non-hydrogen) atoms. The van der Waals surface area contributed by atoms with Crippen LogP contribution in [0.4, 0.5) is 0 Å². The molecule has 0 aliphatic heterocycles. The molecule has 0 aliphatic carbocycles. The lowest BCUT2D eigenvalue weighted by Gasteiger charge is -2.11. The summed E-state index contributed by atoms with van der Waals surface area (Å²) >= 11 is 0. The summed E-state index contributed by atoms with van der Waals surface area (Å²) in [5.74, 6) is 0. The Morgan fingerprint density at radius 1 is 0.246 bits per heavy atom. The number of nitrogens with zero attached hydrogens (tertiary/aromatic N) is 2. The topological polar surface area (TPSA) is 23.0 Å². The molecule has 0 aliphatic rings. The van der Waals surface area contributed by atoms with E-state index < -0.39 is 0 Å². The van der Waals surface area contributed by atoms with E-state index in [1.807, 2.05) is 6.07 Å². The third-order valence-corrected chi connectivity index (χ3v) is 13.7. The van der Waals surface area contributed by atoms with E-state index in [1.165, 1.54) is 87.5 Å². The molecule has 0 atom stereocenters. The molecule has 0 radical (unpaired) electrons. The number of hydrogen-bond donors (Lipinski definition) is 0. The molecule has 11 aromatic carbocycles. The van der Waals surface area contributed by atoms with Gasteiger partial charge in [-0.1, -0.05) is 152 Å². The summed E-state index contributed by atoms with van der Waals surface area (Å²) in [4.78, 5) is 0. The molecule has 0 saturated carbocycles.